The first-order valence-corrected chi connectivity index (χ1v) is 21.7. The van der Waals surface area contributed by atoms with Crippen molar-refractivity contribution in [3.05, 3.63) is 65.8 Å². The molecule has 3 aliphatic carbocycles. The third-order valence-corrected chi connectivity index (χ3v) is 14.0. The third kappa shape index (κ3) is 7.59. The number of alkyl carbamates (subject to hydrolysis) is 2. The van der Waals surface area contributed by atoms with Crippen molar-refractivity contribution < 1.29 is 28.7 Å². The van der Waals surface area contributed by atoms with Crippen LogP contribution in [0.15, 0.2) is 42.7 Å². The molecule has 4 aromatic rings. The van der Waals surface area contributed by atoms with Crippen LogP contribution in [0.25, 0.3) is 22.2 Å². The van der Waals surface area contributed by atoms with Crippen molar-refractivity contribution in [3.63, 3.8) is 0 Å². The fourth-order valence-electron chi connectivity index (χ4n) is 10.4. The van der Waals surface area contributed by atoms with Crippen molar-refractivity contribution in [2.24, 2.45) is 11.8 Å². The molecule has 0 unspecified atom stereocenters. The largest absolute Gasteiger partial charge is 0.453 e. The fourth-order valence-corrected chi connectivity index (χ4v) is 10.4. The maximum absolute atomic E-state index is 13.7. The summed E-state index contributed by atoms with van der Waals surface area (Å²) < 4.78 is 9.58. The fraction of sp³-hybridized carbons (Fsp3) is 0.578. The number of likely N-dealkylation sites (tertiary alicyclic amines) is 2. The van der Waals surface area contributed by atoms with Gasteiger partial charge in [-0.1, -0.05) is 39.8 Å². The molecule has 5 aliphatic rings. The van der Waals surface area contributed by atoms with E-state index in [1.165, 1.54) is 19.9 Å². The van der Waals surface area contributed by atoms with Gasteiger partial charge in [-0.05, 0) is 94.2 Å². The molecule has 2 aliphatic heterocycles. The summed E-state index contributed by atoms with van der Waals surface area (Å²) in [4.78, 5) is 77.3. The summed E-state index contributed by atoms with van der Waals surface area (Å²) in [6.07, 6.45) is 12.3. The van der Waals surface area contributed by atoms with E-state index in [-0.39, 0.29) is 46.6 Å². The average molecular weight is 822 g/mol. The topological polar surface area (TPSA) is 188 Å². The quantitative estimate of drug-likeness (QED) is 0.124. The predicted octanol–water partition coefficient (Wildman–Crippen LogP) is 6.98. The maximum Gasteiger partial charge on any atom is 0.407 e. The zero-order valence-electron chi connectivity index (χ0n) is 35.7. The summed E-state index contributed by atoms with van der Waals surface area (Å²) in [5.41, 5.74) is 5.14. The van der Waals surface area contributed by atoms with E-state index in [1.54, 1.807) is 0 Å². The number of benzene rings is 1. The Morgan fingerprint density at radius 2 is 1.32 bits per heavy atom. The number of H-pyrrole nitrogens is 2. The number of ether oxygens (including phenoxy) is 2. The number of aromatic amines is 2. The first-order chi connectivity index (χ1) is 28.8. The number of aromatic nitrogens is 5. The summed E-state index contributed by atoms with van der Waals surface area (Å²) in [5.74, 6) is 1.15. The summed E-state index contributed by atoms with van der Waals surface area (Å²) >= 11 is 0. The Morgan fingerprint density at radius 1 is 0.750 bits per heavy atom. The number of nitrogens with one attached hydrogen (secondary N) is 4. The molecule has 2 saturated heterocycles. The van der Waals surface area contributed by atoms with E-state index in [1.807, 2.05) is 49.9 Å². The highest BCUT2D eigenvalue weighted by Gasteiger charge is 2.52. The van der Waals surface area contributed by atoms with E-state index < -0.39 is 24.3 Å². The Kier molecular flexibility index (Phi) is 11.4. The van der Waals surface area contributed by atoms with E-state index in [0.717, 1.165) is 104 Å². The van der Waals surface area contributed by atoms with Crippen molar-refractivity contribution in [2.45, 2.75) is 127 Å². The first-order valence-electron chi connectivity index (χ1n) is 21.7. The minimum absolute atomic E-state index is 0.0282. The van der Waals surface area contributed by atoms with Crippen LogP contribution < -0.4 is 10.6 Å². The number of carbonyl (C=O) groups is 4. The Balaban J connectivity index is 0.931. The number of hydrogen-bond acceptors (Lipinski definition) is 9. The normalized spacial score (nSPS) is 24.9. The summed E-state index contributed by atoms with van der Waals surface area (Å²) in [5, 5.41) is 6.50. The molecule has 0 radical (unpaired) electrons. The zero-order chi connectivity index (χ0) is 42.3. The van der Waals surface area contributed by atoms with E-state index in [2.05, 4.69) is 50.9 Å². The van der Waals surface area contributed by atoms with Crippen LogP contribution in [-0.4, -0.2) is 98.1 Å². The third-order valence-electron chi connectivity index (χ3n) is 14.0. The molecule has 3 saturated carbocycles. The van der Waals surface area contributed by atoms with E-state index in [9.17, 15) is 19.2 Å². The average Bonchev–Trinajstić information content (AvgIpc) is 4.11. The Bertz CT molecular complexity index is 2220. The molecule has 9 rings (SSSR count). The second-order valence-corrected chi connectivity index (χ2v) is 18.1. The standard InChI is InChI=1S/C45H59N9O6/c1-26(2)36(51-42(57)59-5)40(55)53-21-7-9-32(53)38-46-24-31(49-38)29-11-13-30-28(23-29)12-14-34(48-30)44-15-18-45(19-16-44,20-17-44)35-25-47-39(50-35)33-10-8-22-54(33)41(56)37(27(3)4)52-43(58)60-6/h11-14,23-27,32-33,36-37H,7-10,15-22H2,1-6H3,(H,46,49)(H,47,50)(H,51,57)(H,52,58)/t32-,33-,36-,37-,44?,45?/m0/s1. The summed E-state index contributed by atoms with van der Waals surface area (Å²) in [6.45, 7) is 8.91. The number of amides is 4. The van der Waals surface area contributed by atoms with Crippen molar-refractivity contribution in [3.8, 4) is 11.3 Å². The van der Waals surface area contributed by atoms with Gasteiger partial charge in [-0.3, -0.25) is 14.6 Å². The second-order valence-electron chi connectivity index (χ2n) is 18.1. The smallest absolute Gasteiger partial charge is 0.407 e. The molecule has 4 amide bonds. The molecule has 15 nitrogen and oxygen atoms in total. The van der Waals surface area contributed by atoms with Gasteiger partial charge in [0.25, 0.3) is 0 Å². The van der Waals surface area contributed by atoms with Gasteiger partial charge in [0.2, 0.25) is 11.8 Å². The molecule has 4 atom stereocenters. The monoisotopic (exact) mass is 821 g/mol. The van der Waals surface area contributed by atoms with Crippen LogP contribution in [0.2, 0.25) is 0 Å². The van der Waals surface area contributed by atoms with Gasteiger partial charge in [0.15, 0.2) is 0 Å². The zero-order valence-corrected chi connectivity index (χ0v) is 35.7. The lowest BCUT2D eigenvalue weighted by molar-refractivity contribution is -0.136. The van der Waals surface area contributed by atoms with Gasteiger partial charge < -0.3 is 39.9 Å². The van der Waals surface area contributed by atoms with Gasteiger partial charge in [0, 0.05) is 58.7 Å². The van der Waals surface area contributed by atoms with Gasteiger partial charge in [-0.25, -0.2) is 19.6 Å². The van der Waals surface area contributed by atoms with Gasteiger partial charge in [-0.15, -0.1) is 0 Å². The van der Waals surface area contributed by atoms with E-state index >= 15 is 0 Å². The van der Waals surface area contributed by atoms with Crippen LogP contribution in [0, 0.1) is 11.8 Å². The lowest BCUT2D eigenvalue weighted by Crippen LogP contribution is -2.51. The van der Waals surface area contributed by atoms with Crippen molar-refractivity contribution in [1.82, 2.24) is 45.4 Å². The van der Waals surface area contributed by atoms with Crippen LogP contribution in [0.4, 0.5) is 9.59 Å². The SMILES string of the molecule is COC(=O)N[C@H](C(=O)N1CCC[C@H]1c1nc(-c2ccc3nc(C45CCC(c6cnc([C@@H]7CCCN7C(=O)[C@@H](NC(=O)OC)C(C)C)[nH]6)(CC4)CC5)ccc3c2)c[nH]1)C(C)C. The molecular weight excluding hydrogens is 763 g/mol. The Labute approximate surface area is 351 Å². The molecule has 4 N–H and O–H groups in total. The van der Waals surface area contributed by atoms with Crippen LogP contribution in [0.1, 0.15) is 127 Å². The highest BCUT2D eigenvalue weighted by atomic mass is 16.5. The number of fused-ring (bicyclic) bond motifs is 4. The maximum atomic E-state index is 13.7. The van der Waals surface area contributed by atoms with E-state index in [0.29, 0.717) is 13.1 Å². The number of hydrogen-bond donors (Lipinski definition) is 4. The number of carbonyl (C=O) groups excluding carboxylic acids is 4. The molecule has 5 fully saturated rings. The molecule has 320 valence electrons. The first kappa shape index (κ1) is 41.3. The summed E-state index contributed by atoms with van der Waals surface area (Å²) in [6, 6.07) is 9.00. The minimum Gasteiger partial charge on any atom is -0.453 e. The van der Waals surface area contributed by atoms with Crippen LogP contribution in [-0.2, 0) is 29.9 Å². The van der Waals surface area contributed by atoms with Gasteiger partial charge >= 0.3 is 12.2 Å². The van der Waals surface area contributed by atoms with Crippen LogP contribution in [0.3, 0.4) is 0 Å². The molecule has 60 heavy (non-hydrogen) atoms. The van der Waals surface area contributed by atoms with Crippen LogP contribution in [0.5, 0.6) is 0 Å². The lowest BCUT2D eigenvalue weighted by Gasteiger charge is -2.53. The van der Waals surface area contributed by atoms with Crippen molar-refractivity contribution >= 4 is 34.9 Å². The molecule has 0 spiro atoms. The number of methoxy groups -OCH3 is 2. The van der Waals surface area contributed by atoms with Gasteiger partial charge in [0.05, 0.1) is 37.5 Å². The molecule has 15 heteroatoms. The second kappa shape index (κ2) is 16.5. The van der Waals surface area contributed by atoms with E-state index in [4.69, 9.17) is 24.4 Å². The highest BCUT2D eigenvalue weighted by Crippen LogP contribution is 2.58. The number of rotatable bonds is 11. The van der Waals surface area contributed by atoms with Gasteiger partial charge in [0.1, 0.15) is 23.7 Å². The lowest BCUT2D eigenvalue weighted by atomic mass is 9.52. The molecule has 1 aromatic carbocycles. The molecular formula is C45H59N9O6. The highest BCUT2D eigenvalue weighted by molar-refractivity contribution is 5.87. The summed E-state index contributed by atoms with van der Waals surface area (Å²) in [7, 11) is 2.61. The Morgan fingerprint density at radius 3 is 1.88 bits per heavy atom. The molecule has 3 aromatic heterocycles. The van der Waals surface area contributed by atoms with Gasteiger partial charge in [-0.2, -0.15) is 0 Å². The Hall–Kier alpha value is -5.47. The predicted molar refractivity (Wildman–Crippen MR) is 225 cm³/mol. The molecule has 2 bridgehead atoms. The molecule has 5 heterocycles. The van der Waals surface area contributed by atoms with Crippen molar-refractivity contribution in [1.29, 1.82) is 0 Å². The number of imidazole rings is 2. The van der Waals surface area contributed by atoms with Crippen molar-refractivity contribution in [2.75, 3.05) is 27.3 Å². The minimum atomic E-state index is -0.684. The number of pyridine rings is 1. The number of nitrogens with zero attached hydrogens (tertiary/aromatic N) is 5. The van der Waals surface area contributed by atoms with Crippen LogP contribution >= 0.6 is 0 Å².